The highest BCUT2D eigenvalue weighted by atomic mass is 16.7. The zero-order valence-electron chi connectivity index (χ0n) is 11.1. The summed E-state index contributed by atoms with van der Waals surface area (Å²) in [4.78, 5) is 20.0. The van der Waals surface area contributed by atoms with Crippen molar-refractivity contribution in [3.05, 3.63) is 48.4 Å². The highest BCUT2D eigenvalue weighted by molar-refractivity contribution is 5.74. The molecule has 1 aromatic carbocycles. The van der Waals surface area contributed by atoms with Gasteiger partial charge in [-0.3, -0.25) is 4.98 Å². The highest BCUT2D eigenvalue weighted by Gasteiger charge is 2.11. The second-order valence-corrected chi connectivity index (χ2v) is 4.52. The van der Waals surface area contributed by atoms with E-state index in [9.17, 15) is 0 Å². The van der Waals surface area contributed by atoms with E-state index >= 15 is 0 Å². The summed E-state index contributed by atoms with van der Waals surface area (Å²) in [5, 5.41) is 8.01. The third-order valence-electron chi connectivity index (χ3n) is 3.09. The first-order valence-corrected chi connectivity index (χ1v) is 6.38. The Bertz CT molecular complexity index is 948. The smallest absolute Gasteiger partial charge is 0.270 e. The van der Waals surface area contributed by atoms with Gasteiger partial charge in [0.1, 0.15) is 22.2 Å². The molecule has 3 aromatic heterocycles. The van der Waals surface area contributed by atoms with E-state index in [1.807, 2.05) is 31.2 Å². The normalized spacial score (nSPS) is 11.1. The lowest BCUT2D eigenvalue weighted by atomic mass is 10.3. The zero-order valence-corrected chi connectivity index (χ0v) is 11.1. The van der Waals surface area contributed by atoms with Gasteiger partial charge >= 0.3 is 0 Å². The van der Waals surface area contributed by atoms with Crippen molar-refractivity contribution in [3.63, 3.8) is 0 Å². The summed E-state index contributed by atoms with van der Waals surface area (Å²) >= 11 is 0. The first-order chi connectivity index (χ1) is 10.3. The lowest BCUT2D eigenvalue weighted by molar-refractivity contribution is 0.174. The highest BCUT2D eigenvalue weighted by Crippen LogP contribution is 2.19. The monoisotopic (exact) mass is 278 g/mol. The van der Waals surface area contributed by atoms with Gasteiger partial charge in [0.2, 0.25) is 0 Å². The molecule has 0 spiro atoms. The molecule has 0 radical (unpaired) electrons. The van der Waals surface area contributed by atoms with E-state index in [4.69, 9.17) is 4.84 Å². The molecule has 0 aliphatic rings. The van der Waals surface area contributed by atoms with Crippen LogP contribution in [0.5, 0.6) is 5.88 Å². The molecule has 0 amide bonds. The number of hydrogen-bond donors (Lipinski definition) is 0. The molecule has 4 aromatic rings. The largest absolute Gasteiger partial charge is 0.334 e. The summed E-state index contributed by atoms with van der Waals surface area (Å²) in [6, 6.07) is 9.33. The Hall–Kier alpha value is -3.09. The average molecular weight is 278 g/mol. The van der Waals surface area contributed by atoms with Gasteiger partial charge in [0.05, 0.1) is 11.7 Å². The van der Waals surface area contributed by atoms with Crippen molar-refractivity contribution in [2.75, 3.05) is 0 Å². The van der Waals surface area contributed by atoms with Crippen LogP contribution in [0.25, 0.3) is 22.1 Å². The molecule has 7 nitrogen and oxygen atoms in total. The van der Waals surface area contributed by atoms with Crippen molar-refractivity contribution < 1.29 is 4.84 Å². The van der Waals surface area contributed by atoms with Crippen LogP contribution in [0.1, 0.15) is 5.69 Å². The standard InChI is InChI=1S/C14H10N6O/c1-9-14(17-10-6-7-15-8-12(10)16-9)21-20-13-5-3-2-4-11(13)18-19-20/h2-8H,1H3. The third kappa shape index (κ3) is 1.95. The Morgan fingerprint density at radius 3 is 2.86 bits per heavy atom. The van der Waals surface area contributed by atoms with Crippen LogP contribution in [0.15, 0.2) is 42.7 Å². The van der Waals surface area contributed by atoms with Gasteiger partial charge < -0.3 is 4.84 Å². The molecule has 7 heteroatoms. The molecule has 0 fully saturated rings. The Labute approximate surface area is 119 Å². The van der Waals surface area contributed by atoms with E-state index in [1.54, 1.807) is 18.5 Å². The van der Waals surface area contributed by atoms with Crippen molar-refractivity contribution >= 4 is 22.1 Å². The van der Waals surface area contributed by atoms with Gasteiger partial charge in [-0.2, -0.15) is 0 Å². The topological polar surface area (TPSA) is 78.6 Å². The van der Waals surface area contributed by atoms with E-state index in [0.717, 1.165) is 22.1 Å². The number of rotatable bonds is 2. The van der Waals surface area contributed by atoms with Crippen LogP contribution >= 0.6 is 0 Å². The number of hydrogen-bond acceptors (Lipinski definition) is 6. The fraction of sp³-hybridized carbons (Fsp3) is 0.0714. The zero-order chi connectivity index (χ0) is 14.2. The summed E-state index contributed by atoms with van der Waals surface area (Å²) in [5.41, 5.74) is 3.64. The number of benzene rings is 1. The summed E-state index contributed by atoms with van der Waals surface area (Å²) < 4.78 is 0. The van der Waals surface area contributed by atoms with Gasteiger partial charge in [0.15, 0.2) is 0 Å². The molecular weight excluding hydrogens is 268 g/mol. The molecule has 0 N–H and O–H groups in total. The first-order valence-electron chi connectivity index (χ1n) is 6.38. The molecule has 0 aliphatic carbocycles. The fourth-order valence-electron chi connectivity index (χ4n) is 2.06. The fourth-order valence-corrected chi connectivity index (χ4v) is 2.06. The summed E-state index contributed by atoms with van der Waals surface area (Å²) in [6.07, 6.45) is 3.34. The number of nitrogens with zero attached hydrogens (tertiary/aromatic N) is 6. The predicted octanol–water partition coefficient (Wildman–Crippen LogP) is 1.92. The van der Waals surface area contributed by atoms with Crippen molar-refractivity contribution in [1.82, 2.24) is 30.1 Å². The minimum absolute atomic E-state index is 0.393. The van der Waals surface area contributed by atoms with Crippen LogP contribution < -0.4 is 4.84 Å². The van der Waals surface area contributed by atoms with Crippen molar-refractivity contribution in [1.29, 1.82) is 0 Å². The predicted molar refractivity (Wildman–Crippen MR) is 75.6 cm³/mol. The average Bonchev–Trinajstić information content (AvgIpc) is 2.91. The maximum atomic E-state index is 5.72. The van der Waals surface area contributed by atoms with Gasteiger partial charge in [0.25, 0.3) is 5.88 Å². The first kappa shape index (κ1) is 11.7. The van der Waals surface area contributed by atoms with Crippen LogP contribution in [0, 0.1) is 6.92 Å². The lowest BCUT2D eigenvalue weighted by Gasteiger charge is -2.07. The number of fused-ring (bicyclic) bond motifs is 2. The Kier molecular flexibility index (Phi) is 2.50. The van der Waals surface area contributed by atoms with Gasteiger partial charge in [-0.05, 0) is 30.3 Å². The van der Waals surface area contributed by atoms with E-state index in [2.05, 4.69) is 25.3 Å². The van der Waals surface area contributed by atoms with Gasteiger partial charge in [-0.1, -0.05) is 17.0 Å². The summed E-state index contributed by atoms with van der Waals surface area (Å²) in [7, 11) is 0. The van der Waals surface area contributed by atoms with E-state index in [1.165, 1.54) is 4.85 Å². The quantitative estimate of drug-likeness (QED) is 0.557. The lowest BCUT2D eigenvalue weighted by Crippen LogP contribution is -2.10. The van der Waals surface area contributed by atoms with Crippen molar-refractivity contribution in [3.8, 4) is 5.88 Å². The number of pyridine rings is 1. The molecule has 0 aliphatic heterocycles. The Morgan fingerprint density at radius 2 is 1.90 bits per heavy atom. The number of aryl methyl sites for hydroxylation is 1. The summed E-state index contributed by atoms with van der Waals surface area (Å²) in [5.74, 6) is 0.393. The third-order valence-corrected chi connectivity index (χ3v) is 3.09. The second-order valence-electron chi connectivity index (χ2n) is 4.52. The molecule has 102 valence electrons. The van der Waals surface area contributed by atoms with Crippen LogP contribution in [-0.2, 0) is 0 Å². The molecule has 0 atom stereocenters. The second kappa shape index (κ2) is 4.48. The summed E-state index contributed by atoms with van der Waals surface area (Å²) in [6.45, 7) is 1.83. The number of para-hydroxylation sites is 1. The van der Waals surface area contributed by atoms with Crippen molar-refractivity contribution in [2.45, 2.75) is 6.92 Å². The molecule has 0 bridgehead atoms. The molecule has 0 unspecified atom stereocenters. The van der Waals surface area contributed by atoms with E-state index < -0.39 is 0 Å². The van der Waals surface area contributed by atoms with Crippen LogP contribution in [0.4, 0.5) is 0 Å². The Balaban J connectivity index is 1.82. The van der Waals surface area contributed by atoms with Gasteiger partial charge in [0, 0.05) is 6.20 Å². The van der Waals surface area contributed by atoms with Crippen molar-refractivity contribution in [2.24, 2.45) is 0 Å². The van der Waals surface area contributed by atoms with Gasteiger partial charge in [-0.25, -0.2) is 9.97 Å². The maximum Gasteiger partial charge on any atom is 0.270 e. The molecule has 0 saturated heterocycles. The van der Waals surface area contributed by atoms with Crippen LogP contribution in [0.3, 0.4) is 0 Å². The number of aromatic nitrogens is 6. The van der Waals surface area contributed by atoms with Gasteiger partial charge in [-0.15, -0.1) is 5.10 Å². The van der Waals surface area contributed by atoms with Crippen LogP contribution in [0.2, 0.25) is 0 Å². The maximum absolute atomic E-state index is 5.72. The molecule has 4 rings (SSSR count). The Morgan fingerprint density at radius 1 is 1.00 bits per heavy atom. The molecule has 0 saturated carbocycles. The van der Waals surface area contributed by atoms with E-state index in [-0.39, 0.29) is 0 Å². The minimum Gasteiger partial charge on any atom is -0.334 e. The molecule has 21 heavy (non-hydrogen) atoms. The molecular formula is C14H10N6O. The molecule has 3 heterocycles. The SMILES string of the molecule is Cc1nc2cnccc2nc1On1nnc2ccccc21. The van der Waals surface area contributed by atoms with E-state index in [0.29, 0.717) is 11.6 Å². The minimum atomic E-state index is 0.393. The van der Waals surface area contributed by atoms with Crippen LogP contribution in [-0.4, -0.2) is 30.1 Å².